The molecule has 0 saturated carbocycles. The van der Waals surface area contributed by atoms with Crippen LogP contribution in [0.15, 0.2) is 66.7 Å². The fraction of sp³-hybridized carbons (Fsp3) is 0.323. The van der Waals surface area contributed by atoms with E-state index in [-0.39, 0.29) is 19.4 Å². The summed E-state index contributed by atoms with van der Waals surface area (Å²) in [5.74, 6) is 2.10. The molecule has 1 atom stereocenters. The minimum absolute atomic E-state index is 0.199. The SMILES string of the molecule is CCCNCC(COc1ccc(/C(=C(/CC)c2ccc3c(c2)OCO3)c2ccc(OP(O)O)cc2)cc1)OC(C)=O. The molecule has 0 radical (unpaired) electrons. The second-order valence-corrected chi connectivity index (χ2v) is 10.1. The van der Waals surface area contributed by atoms with Gasteiger partial charge in [0.05, 0.1) is 0 Å². The molecule has 0 amide bonds. The summed E-state index contributed by atoms with van der Waals surface area (Å²) < 4.78 is 27.6. The van der Waals surface area contributed by atoms with Gasteiger partial charge in [-0.3, -0.25) is 4.79 Å². The first-order valence-corrected chi connectivity index (χ1v) is 14.7. The second kappa shape index (κ2) is 14.8. The lowest BCUT2D eigenvalue weighted by molar-refractivity contribution is -0.147. The number of benzene rings is 3. The van der Waals surface area contributed by atoms with E-state index in [4.69, 9.17) is 23.5 Å². The van der Waals surface area contributed by atoms with Crippen molar-refractivity contribution in [2.75, 3.05) is 26.5 Å². The zero-order valence-electron chi connectivity index (χ0n) is 23.5. The Balaban J connectivity index is 1.64. The van der Waals surface area contributed by atoms with Crippen LogP contribution in [0.3, 0.4) is 0 Å². The van der Waals surface area contributed by atoms with Crippen LogP contribution in [0.4, 0.5) is 0 Å². The van der Waals surface area contributed by atoms with E-state index in [1.54, 1.807) is 12.1 Å². The van der Waals surface area contributed by atoms with Gasteiger partial charge < -0.3 is 38.6 Å². The molecule has 0 fully saturated rings. The van der Waals surface area contributed by atoms with Crippen LogP contribution in [0.1, 0.15) is 50.3 Å². The fourth-order valence-electron chi connectivity index (χ4n) is 4.62. The molecule has 0 saturated heterocycles. The number of esters is 1. The summed E-state index contributed by atoms with van der Waals surface area (Å²) in [7, 11) is -2.51. The molecule has 41 heavy (non-hydrogen) atoms. The maximum absolute atomic E-state index is 11.5. The molecule has 3 aromatic carbocycles. The van der Waals surface area contributed by atoms with Crippen LogP contribution in [0.25, 0.3) is 11.1 Å². The Morgan fingerprint density at radius 1 is 0.927 bits per heavy atom. The van der Waals surface area contributed by atoms with Crippen molar-refractivity contribution in [1.82, 2.24) is 5.32 Å². The van der Waals surface area contributed by atoms with Gasteiger partial charge in [-0.25, -0.2) is 0 Å². The van der Waals surface area contributed by atoms with Crippen molar-refractivity contribution in [3.63, 3.8) is 0 Å². The Morgan fingerprint density at radius 2 is 1.56 bits per heavy atom. The van der Waals surface area contributed by atoms with E-state index in [0.717, 1.165) is 53.0 Å². The van der Waals surface area contributed by atoms with Gasteiger partial charge in [0.25, 0.3) is 0 Å². The molecular formula is C31H36NO8P. The number of hydrogen-bond acceptors (Lipinski definition) is 9. The Kier molecular flexibility index (Phi) is 11.0. The van der Waals surface area contributed by atoms with Crippen LogP contribution in [0, 0.1) is 0 Å². The number of hydrogen-bond donors (Lipinski definition) is 3. The van der Waals surface area contributed by atoms with E-state index in [1.165, 1.54) is 6.92 Å². The largest absolute Gasteiger partial charge is 0.490 e. The molecule has 1 heterocycles. The molecule has 3 N–H and O–H groups in total. The van der Waals surface area contributed by atoms with E-state index in [0.29, 0.717) is 23.8 Å². The number of fused-ring (bicyclic) bond motifs is 1. The standard InChI is InChI=1S/C31H36NO8P/c1-4-16-32-18-27(39-21(3)33)19-36-25-11-6-22(7-12-25)31(23-8-13-26(14-9-23)40-41(34)35)28(5-2)24-10-15-29-30(17-24)38-20-37-29/h6-15,17,27,32,34-35H,4-5,16,18-20H2,1-3H3/b31-28+. The van der Waals surface area contributed by atoms with Gasteiger partial charge in [-0.05, 0) is 83.6 Å². The monoisotopic (exact) mass is 581 g/mol. The smallest absolute Gasteiger partial charge is 0.391 e. The van der Waals surface area contributed by atoms with E-state index in [9.17, 15) is 14.6 Å². The van der Waals surface area contributed by atoms with Gasteiger partial charge in [0.15, 0.2) is 11.5 Å². The van der Waals surface area contributed by atoms with Crippen LogP contribution in [-0.2, 0) is 9.53 Å². The first-order chi connectivity index (χ1) is 19.9. The Hall–Kier alpha value is -3.62. The van der Waals surface area contributed by atoms with Crippen LogP contribution in [-0.4, -0.2) is 48.3 Å². The number of carbonyl (C=O) groups excluding carboxylic acids is 1. The molecule has 10 heteroatoms. The number of rotatable bonds is 14. The second-order valence-electron chi connectivity index (χ2n) is 9.41. The molecule has 0 bridgehead atoms. The maximum atomic E-state index is 11.5. The van der Waals surface area contributed by atoms with Crippen LogP contribution in [0.2, 0.25) is 0 Å². The van der Waals surface area contributed by atoms with Crippen molar-refractivity contribution in [1.29, 1.82) is 0 Å². The zero-order valence-corrected chi connectivity index (χ0v) is 24.4. The highest BCUT2D eigenvalue weighted by atomic mass is 31.2. The highest BCUT2D eigenvalue weighted by Crippen LogP contribution is 2.40. The molecule has 9 nitrogen and oxygen atoms in total. The third kappa shape index (κ3) is 8.44. The van der Waals surface area contributed by atoms with Gasteiger partial charge in [0.2, 0.25) is 6.79 Å². The summed E-state index contributed by atoms with van der Waals surface area (Å²) in [6.45, 7) is 7.35. The number of ether oxygens (including phenoxy) is 4. The highest BCUT2D eigenvalue weighted by Gasteiger charge is 2.19. The minimum atomic E-state index is -2.51. The van der Waals surface area contributed by atoms with Crippen molar-refractivity contribution in [3.8, 4) is 23.0 Å². The van der Waals surface area contributed by atoms with Crippen LogP contribution >= 0.6 is 8.60 Å². The molecular weight excluding hydrogens is 545 g/mol. The average Bonchev–Trinajstić information content (AvgIpc) is 3.43. The van der Waals surface area contributed by atoms with E-state index < -0.39 is 14.7 Å². The molecule has 218 valence electrons. The van der Waals surface area contributed by atoms with Gasteiger partial charge in [-0.1, -0.05) is 44.2 Å². The quantitative estimate of drug-likeness (QED) is 0.0957. The van der Waals surface area contributed by atoms with Gasteiger partial charge in [0, 0.05) is 13.5 Å². The van der Waals surface area contributed by atoms with E-state index in [2.05, 4.69) is 19.2 Å². The average molecular weight is 582 g/mol. The molecule has 0 spiro atoms. The maximum Gasteiger partial charge on any atom is 0.391 e. The normalized spacial score (nSPS) is 13.5. The molecule has 3 aromatic rings. The number of nitrogens with one attached hydrogen (secondary N) is 1. The predicted molar refractivity (Wildman–Crippen MR) is 158 cm³/mol. The Labute approximate surface area is 241 Å². The molecule has 0 aliphatic carbocycles. The summed E-state index contributed by atoms with van der Waals surface area (Å²) in [4.78, 5) is 30.0. The predicted octanol–water partition coefficient (Wildman–Crippen LogP) is 5.68. The van der Waals surface area contributed by atoms with E-state index in [1.807, 2.05) is 54.6 Å². The molecule has 1 aliphatic heterocycles. The lowest BCUT2D eigenvalue weighted by atomic mass is 9.88. The topological polar surface area (TPSA) is 116 Å². The van der Waals surface area contributed by atoms with Gasteiger partial charge >= 0.3 is 14.6 Å². The lowest BCUT2D eigenvalue weighted by Gasteiger charge is -2.19. The van der Waals surface area contributed by atoms with Crippen molar-refractivity contribution >= 4 is 25.7 Å². The minimum Gasteiger partial charge on any atom is -0.490 e. The zero-order chi connectivity index (χ0) is 29.2. The number of carbonyl (C=O) groups is 1. The third-order valence-corrected chi connectivity index (χ3v) is 6.79. The van der Waals surface area contributed by atoms with Gasteiger partial charge in [-0.15, -0.1) is 0 Å². The molecule has 0 aromatic heterocycles. The molecule has 1 aliphatic rings. The van der Waals surface area contributed by atoms with Crippen molar-refractivity contribution in [3.05, 3.63) is 83.4 Å². The Morgan fingerprint density at radius 3 is 2.17 bits per heavy atom. The highest BCUT2D eigenvalue weighted by molar-refractivity contribution is 7.39. The summed E-state index contributed by atoms with van der Waals surface area (Å²) >= 11 is 0. The first-order valence-electron chi connectivity index (χ1n) is 13.6. The van der Waals surface area contributed by atoms with Gasteiger partial charge in [0.1, 0.15) is 24.2 Å². The van der Waals surface area contributed by atoms with Crippen molar-refractivity contribution in [2.45, 2.75) is 39.7 Å². The number of allylic oxidation sites excluding steroid dienone is 1. The summed E-state index contributed by atoms with van der Waals surface area (Å²) in [5.41, 5.74) is 4.99. The summed E-state index contributed by atoms with van der Waals surface area (Å²) in [6.07, 6.45) is 1.32. The summed E-state index contributed by atoms with van der Waals surface area (Å²) in [5, 5.41) is 3.27. The molecule has 4 rings (SSSR count). The van der Waals surface area contributed by atoms with Gasteiger partial charge in [-0.2, -0.15) is 0 Å². The van der Waals surface area contributed by atoms with Crippen molar-refractivity contribution < 1.29 is 38.1 Å². The fourth-order valence-corrected chi connectivity index (χ4v) is 4.93. The third-order valence-electron chi connectivity index (χ3n) is 6.42. The van der Waals surface area contributed by atoms with Crippen molar-refractivity contribution in [2.24, 2.45) is 0 Å². The lowest BCUT2D eigenvalue weighted by Crippen LogP contribution is -2.35. The first kappa shape index (κ1) is 30.3. The van der Waals surface area contributed by atoms with Crippen LogP contribution < -0.4 is 24.1 Å². The molecule has 1 unspecified atom stereocenters. The Bertz CT molecular complexity index is 1320. The van der Waals surface area contributed by atoms with Crippen LogP contribution in [0.5, 0.6) is 23.0 Å². The van der Waals surface area contributed by atoms with E-state index >= 15 is 0 Å². The summed E-state index contributed by atoms with van der Waals surface area (Å²) in [6, 6.07) is 20.9.